The zero-order chi connectivity index (χ0) is 22.1. The quantitative estimate of drug-likeness (QED) is 0.499. The Labute approximate surface area is 189 Å². The van der Waals surface area contributed by atoms with Crippen molar-refractivity contribution in [2.24, 2.45) is 11.8 Å². The zero-order valence-corrected chi connectivity index (χ0v) is 18.7. The molecule has 32 heavy (non-hydrogen) atoms. The maximum absolute atomic E-state index is 13.2. The lowest BCUT2D eigenvalue weighted by Crippen LogP contribution is -2.55. The van der Waals surface area contributed by atoms with Gasteiger partial charge in [0.2, 0.25) is 0 Å². The summed E-state index contributed by atoms with van der Waals surface area (Å²) in [6.07, 6.45) is 4.95. The number of methoxy groups -OCH3 is 1. The Morgan fingerprint density at radius 1 is 1.19 bits per heavy atom. The summed E-state index contributed by atoms with van der Waals surface area (Å²) in [5.74, 6) is 1.92. The maximum atomic E-state index is 13.2. The molecule has 1 aromatic heterocycles. The van der Waals surface area contributed by atoms with E-state index in [0.29, 0.717) is 11.5 Å². The Morgan fingerprint density at radius 2 is 2.03 bits per heavy atom. The molecule has 3 aliphatic rings. The summed E-state index contributed by atoms with van der Waals surface area (Å²) in [7, 11) is 1.67. The summed E-state index contributed by atoms with van der Waals surface area (Å²) < 4.78 is 11.8. The van der Waals surface area contributed by atoms with Crippen molar-refractivity contribution >= 4 is 16.9 Å². The second-order valence-electron chi connectivity index (χ2n) is 8.99. The van der Waals surface area contributed by atoms with Gasteiger partial charge in [0.25, 0.3) is 0 Å². The minimum Gasteiger partial charge on any atom is -0.497 e. The van der Waals surface area contributed by atoms with Crippen molar-refractivity contribution < 1.29 is 14.3 Å². The lowest BCUT2D eigenvalue weighted by Gasteiger charge is -2.51. The first-order chi connectivity index (χ1) is 15.7. The van der Waals surface area contributed by atoms with Crippen molar-refractivity contribution in [3.8, 4) is 5.75 Å². The Kier molecular flexibility index (Phi) is 5.83. The summed E-state index contributed by atoms with van der Waals surface area (Å²) in [5.41, 5.74) is 2.46. The van der Waals surface area contributed by atoms with Gasteiger partial charge >= 0.3 is 5.97 Å². The summed E-state index contributed by atoms with van der Waals surface area (Å²) in [6.45, 7) is 4.44. The third kappa shape index (κ3) is 3.86. The van der Waals surface area contributed by atoms with E-state index < -0.39 is 0 Å². The number of hydrogen-bond donors (Lipinski definition) is 0. The number of carbonyl (C=O) groups is 1. The largest absolute Gasteiger partial charge is 0.497 e. The van der Waals surface area contributed by atoms with Gasteiger partial charge in [-0.1, -0.05) is 31.5 Å². The number of aromatic nitrogens is 1. The molecule has 3 aliphatic heterocycles. The molecule has 0 spiro atoms. The van der Waals surface area contributed by atoms with Crippen LogP contribution in [0.2, 0.25) is 0 Å². The first kappa shape index (κ1) is 21.0. The van der Waals surface area contributed by atoms with Crippen molar-refractivity contribution in [1.82, 2.24) is 9.88 Å². The molecule has 2 bridgehead atoms. The Bertz CT molecular complexity index is 1100. The Hall–Kier alpha value is -2.92. The smallest absolute Gasteiger partial charge is 0.338 e. The highest BCUT2D eigenvalue weighted by atomic mass is 16.5. The van der Waals surface area contributed by atoms with Crippen LogP contribution in [0.25, 0.3) is 10.9 Å². The molecule has 0 aliphatic carbocycles. The highest BCUT2D eigenvalue weighted by molar-refractivity contribution is 5.90. The number of benzene rings is 2. The Morgan fingerprint density at radius 3 is 2.75 bits per heavy atom. The van der Waals surface area contributed by atoms with Gasteiger partial charge in [0, 0.05) is 23.7 Å². The molecule has 2 aromatic carbocycles. The van der Waals surface area contributed by atoms with E-state index in [1.807, 2.05) is 60.8 Å². The summed E-state index contributed by atoms with van der Waals surface area (Å²) in [5, 5.41) is 0.979. The number of pyridine rings is 1. The third-order valence-corrected chi connectivity index (χ3v) is 7.34. The molecule has 3 fully saturated rings. The molecular formula is C27H30N2O3. The van der Waals surface area contributed by atoms with Gasteiger partial charge in [-0.15, -0.1) is 0 Å². The number of piperidine rings is 3. The number of nitrogens with zero attached hydrogens (tertiary/aromatic N) is 2. The van der Waals surface area contributed by atoms with Crippen LogP contribution in [0.4, 0.5) is 0 Å². The molecule has 0 radical (unpaired) electrons. The highest BCUT2D eigenvalue weighted by Crippen LogP contribution is 2.44. The van der Waals surface area contributed by atoms with Gasteiger partial charge in [-0.05, 0) is 67.6 Å². The van der Waals surface area contributed by atoms with Crippen LogP contribution in [0, 0.1) is 11.8 Å². The van der Waals surface area contributed by atoms with Crippen LogP contribution >= 0.6 is 0 Å². The van der Waals surface area contributed by atoms with E-state index >= 15 is 0 Å². The fourth-order valence-corrected chi connectivity index (χ4v) is 5.59. The van der Waals surface area contributed by atoms with Crippen molar-refractivity contribution in [3.63, 3.8) is 0 Å². The molecule has 3 saturated heterocycles. The summed E-state index contributed by atoms with van der Waals surface area (Å²) >= 11 is 0. The SMILES string of the molecule is CCC1CN2CCC1C[C@@H]2[C@H](OC(=O)c1ccccc1)c1ccnc2ccc(OC)cc12. The normalized spacial score (nSPS) is 25.4. The third-order valence-electron chi connectivity index (χ3n) is 7.34. The molecule has 6 rings (SSSR count). The van der Waals surface area contributed by atoms with Crippen LogP contribution < -0.4 is 4.74 Å². The lowest BCUT2D eigenvalue weighted by molar-refractivity contribution is -0.0659. The van der Waals surface area contributed by atoms with E-state index in [4.69, 9.17) is 9.47 Å². The second-order valence-corrected chi connectivity index (χ2v) is 8.99. The van der Waals surface area contributed by atoms with Gasteiger partial charge in [-0.3, -0.25) is 9.88 Å². The minimum atomic E-state index is -0.360. The van der Waals surface area contributed by atoms with Gasteiger partial charge in [0.05, 0.1) is 24.2 Å². The van der Waals surface area contributed by atoms with E-state index in [0.717, 1.165) is 47.6 Å². The van der Waals surface area contributed by atoms with Crippen LogP contribution in [-0.4, -0.2) is 42.1 Å². The number of carbonyl (C=O) groups excluding carboxylic acids is 1. The molecule has 3 aromatic rings. The number of rotatable bonds is 6. The highest BCUT2D eigenvalue weighted by Gasteiger charge is 2.44. The van der Waals surface area contributed by atoms with E-state index in [1.54, 1.807) is 7.11 Å². The molecule has 4 heterocycles. The predicted octanol–water partition coefficient (Wildman–Crippen LogP) is 5.26. The first-order valence-electron chi connectivity index (χ1n) is 11.6. The molecule has 0 amide bonds. The number of esters is 1. The van der Waals surface area contributed by atoms with Crippen LogP contribution in [0.5, 0.6) is 5.75 Å². The van der Waals surface area contributed by atoms with Crippen LogP contribution in [0.1, 0.15) is 48.2 Å². The average molecular weight is 431 g/mol. The average Bonchev–Trinajstić information content (AvgIpc) is 2.87. The zero-order valence-electron chi connectivity index (χ0n) is 18.7. The van der Waals surface area contributed by atoms with Gasteiger partial charge in [0.1, 0.15) is 11.9 Å². The van der Waals surface area contributed by atoms with Crippen LogP contribution in [0.3, 0.4) is 0 Å². The van der Waals surface area contributed by atoms with Crippen LogP contribution in [-0.2, 0) is 4.74 Å². The summed E-state index contributed by atoms with van der Waals surface area (Å²) in [6, 6.07) is 17.3. The van der Waals surface area contributed by atoms with Crippen molar-refractivity contribution in [2.45, 2.75) is 38.3 Å². The Balaban J connectivity index is 1.56. The van der Waals surface area contributed by atoms with E-state index in [2.05, 4.69) is 16.8 Å². The van der Waals surface area contributed by atoms with Gasteiger partial charge in [0.15, 0.2) is 0 Å². The van der Waals surface area contributed by atoms with Crippen molar-refractivity contribution in [2.75, 3.05) is 20.2 Å². The fraction of sp³-hybridized carbons (Fsp3) is 0.407. The molecule has 166 valence electrons. The summed E-state index contributed by atoms with van der Waals surface area (Å²) in [4.78, 5) is 20.3. The molecule has 5 atom stereocenters. The molecule has 3 unspecified atom stereocenters. The van der Waals surface area contributed by atoms with E-state index in [-0.39, 0.29) is 18.1 Å². The molecule has 5 heteroatoms. The topological polar surface area (TPSA) is 51.7 Å². The van der Waals surface area contributed by atoms with E-state index in [9.17, 15) is 4.79 Å². The number of ether oxygens (including phenoxy) is 2. The van der Waals surface area contributed by atoms with Crippen molar-refractivity contribution in [1.29, 1.82) is 0 Å². The van der Waals surface area contributed by atoms with Gasteiger partial charge in [-0.25, -0.2) is 4.79 Å². The fourth-order valence-electron chi connectivity index (χ4n) is 5.59. The minimum absolute atomic E-state index is 0.168. The standard InChI is InChI=1S/C27H30N2O3/c1-3-18-17-29-14-12-20(18)15-25(29)26(32-27(30)19-7-5-4-6-8-19)22-11-13-28-24-10-9-21(31-2)16-23(22)24/h4-11,13,16,18,20,25-26H,3,12,14-15,17H2,1-2H3/t18?,20?,25-,26-/m1/s1. The molecule has 5 nitrogen and oxygen atoms in total. The monoisotopic (exact) mass is 430 g/mol. The lowest BCUT2D eigenvalue weighted by atomic mass is 9.72. The van der Waals surface area contributed by atoms with Crippen molar-refractivity contribution in [3.05, 3.63) is 71.9 Å². The number of fused-ring (bicyclic) bond motifs is 4. The molecule has 0 N–H and O–H groups in total. The van der Waals surface area contributed by atoms with Gasteiger partial charge in [-0.2, -0.15) is 0 Å². The predicted molar refractivity (Wildman–Crippen MR) is 125 cm³/mol. The molecular weight excluding hydrogens is 400 g/mol. The maximum Gasteiger partial charge on any atom is 0.338 e. The number of hydrogen-bond acceptors (Lipinski definition) is 5. The first-order valence-corrected chi connectivity index (χ1v) is 11.6. The molecule has 0 saturated carbocycles. The van der Waals surface area contributed by atoms with E-state index in [1.165, 1.54) is 12.8 Å². The second kappa shape index (κ2) is 8.91. The van der Waals surface area contributed by atoms with Gasteiger partial charge < -0.3 is 9.47 Å². The van der Waals surface area contributed by atoms with Crippen LogP contribution in [0.15, 0.2) is 60.8 Å².